The van der Waals surface area contributed by atoms with Crippen molar-refractivity contribution in [2.45, 2.75) is 46.1 Å². The summed E-state index contributed by atoms with van der Waals surface area (Å²) in [5, 5.41) is 2.89. The minimum atomic E-state index is -0.337. The fourth-order valence-corrected chi connectivity index (χ4v) is 2.92. The Labute approximate surface area is 127 Å². The van der Waals surface area contributed by atoms with Crippen LogP contribution in [0.5, 0.6) is 0 Å². The molecule has 2 rings (SSSR count). The van der Waals surface area contributed by atoms with Crippen LogP contribution in [0.15, 0.2) is 18.2 Å². The first kappa shape index (κ1) is 15.8. The number of ether oxygens (including phenoxy) is 1. The lowest BCUT2D eigenvalue weighted by Crippen LogP contribution is -2.41. The van der Waals surface area contributed by atoms with Crippen molar-refractivity contribution < 1.29 is 9.53 Å². The Hall–Kier alpha value is -1.55. The summed E-state index contributed by atoms with van der Waals surface area (Å²) in [4.78, 5) is 14.5. The van der Waals surface area contributed by atoms with Crippen molar-refractivity contribution >= 4 is 11.8 Å². The van der Waals surface area contributed by atoms with Gasteiger partial charge in [-0.2, -0.15) is 0 Å². The Morgan fingerprint density at radius 2 is 2.10 bits per heavy atom. The average Bonchev–Trinajstić information content (AvgIpc) is 2.44. The first-order valence-electron chi connectivity index (χ1n) is 7.86. The van der Waals surface area contributed by atoms with Crippen LogP contribution in [0.3, 0.4) is 0 Å². The van der Waals surface area contributed by atoms with Crippen molar-refractivity contribution in [3.8, 4) is 0 Å². The van der Waals surface area contributed by atoms with Crippen molar-refractivity contribution in [2.75, 3.05) is 25.0 Å². The van der Waals surface area contributed by atoms with Crippen molar-refractivity contribution in [1.82, 2.24) is 4.90 Å². The van der Waals surface area contributed by atoms with E-state index in [4.69, 9.17) is 4.74 Å². The van der Waals surface area contributed by atoms with E-state index in [1.54, 1.807) is 0 Å². The number of rotatable bonds is 4. The van der Waals surface area contributed by atoms with E-state index in [9.17, 15) is 4.79 Å². The smallest absolute Gasteiger partial charge is 0.411 e. The Morgan fingerprint density at radius 3 is 2.76 bits per heavy atom. The Bertz CT molecular complexity index is 465. The number of benzene rings is 1. The van der Waals surface area contributed by atoms with E-state index in [2.05, 4.69) is 17.1 Å². The van der Waals surface area contributed by atoms with Crippen LogP contribution in [0.2, 0.25) is 0 Å². The lowest BCUT2D eigenvalue weighted by atomic mass is 10.1. The van der Waals surface area contributed by atoms with Crippen LogP contribution in [-0.2, 0) is 4.74 Å². The van der Waals surface area contributed by atoms with Crippen LogP contribution in [0, 0.1) is 13.8 Å². The lowest BCUT2D eigenvalue weighted by Gasteiger charge is -2.32. The summed E-state index contributed by atoms with van der Waals surface area (Å²) in [6.07, 6.45) is 2.87. The minimum absolute atomic E-state index is 0.00891. The molecule has 1 saturated heterocycles. The second-order valence-corrected chi connectivity index (χ2v) is 5.86. The first-order valence-corrected chi connectivity index (χ1v) is 7.86. The largest absolute Gasteiger partial charge is 0.445 e. The van der Waals surface area contributed by atoms with E-state index in [1.165, 1.54) is 0 Å². The molecule has 1 aromatic carbocycles. The average molecular weight is 290 g/mol. The van der Waals surface area contributed by atoms with Crippen LogP contribution in [0.1, 0.15) is 37.3 Å². The summed E-state index contributed by atoms with van der Waals surface area (Å²) in [6, 6.07) is 5.98. The van der Waals surface area contributed by atoms with Crippen molar-refractivity contribution in [3.05, 3.63) is 29.3 Å². The summed E-state index contributed by atoms with van der Waals surface area (Å²) < 4.78 is 5.59. The predicted octanol–water partition coefficient (Wildman–Crippen LogP) is 3.73. The van der Waals surface area contributed by atoms with E-state index in [-0.39, 0.29) is 12.2 Å². The van der Waals surface area contributed by atoms with Crippen molar-refractivity contribution in [2.24, 2.45) is 0 Å². The monoisotopic (exact) mass is 290 g/mol. The van der Waals surface area contributed by atoms with E-state index in [1.807, 2.05) is 32.0 Å². The molecule has 21 heavy (non-hydrogen) atoms. The van der Waals surface area contributed by atoms with Gasteiger partial charge in [-0.1, -0.05) is 25.1 Å². The zero-order valence-electron chi connectivity index (χ0n) is 13.3. The molecular formula is C17H26N2O2. The third-order valence-electron chi connectivity index (χ3n) is 3.98. The van der Waals surface area contributed by atoms with Crippen LogP contribution < -0.4 is 5.32 Å². The molecule has 0 saturated carbocycles. The molecule has 116 valence electrons. The molecule has 1 atom stereocenters. The van der Waals surface area contributed by atoms with Gasteiger partial charge in [0.25, 0.3) is 0 Å². The van der Waals surface area contributed by atoms with E-state index in [0.717, 1.165) is 55.7 Å². The molecule has 1 fully saturated rings. The highest BCUT2D eigenvalue weighted by molar-refractivity contribution is 5.86. The summed E-state index contributed by atoms with van der Waals surface area (Å²) in [5.41, 5.74) is 2.98. The molecule has 1 aliphatic heterocycles. The number of nitrogens with zero attached hydrogens (tertiary/aromatic N) is 1. The van der Waals surface area contributed by atoms with Gasteiger partial charge in [-0.25, -0.2) is 4.79 Å². The fourth-order valence-electron chi connectivity index (χ4n) is 2.92. The first-order chi connectivity index (χ1) is 10.1. The number of likely N-dealkylation sites (tertiary alicyclic amines) is 1. The zero-order chi connectivity index (χ0) is 15.2. The maximum absolute atomic E-state index is 12.1. The third kappa shape index (κ3) is 4.46. The molecule has 0 unspecified atom stereocenters. The number of amides is 1. The molecule has 0 spiro atoms. The highest BCUT2D eigenvalue weighted by Crippen LogP contribution is 2.20. The van der Waals surface area contributed by atoms with Crippen LogP contribution >= 0.6 is 0 Å². The van der Waals surface area contributed by atoms with Crippen molar-refractivity contribution in [3.63, 3.8) is 0 Å². The minimum Gasteiger partial charge on any atom is -0.445 e. The second kappa shape index (κ2) is 7.46. The topological polar surface area (TPSA) is 41.6 Å². The van der Waals surface area contributed by atoms with Gasteiger partial charge >= 0.3 is 6.09 Å². The predicted molar refractivity (Wildman–Crippen MR) is 85.8 cm³/mol. The molecule has 1 aromatic rings. The van der Waals surface area contributed by atoms with E-state index in [0.29, 0.717) is 0 Å². The second-order valence-electron chi connectivity index (χ2n) is 5.86. The van der Waals surface area contributed by atoms with Gasteiger partial charge in [0.05, 0.1) is 0 Å². The van der Waals surface area contributed by atoms with Gasteiger partial charge in [-0.15, -0.1) is 0 Å². The standard InChI is InChI=1S/C17H26N2O2/c1-4-10-19-11-6-9-15(12-19)21-17(20)18-16-13(2)7-5-8-14(16)3/h5,7-8,15H,4,6,9-12H2,1-3H3,(H,18,20)/t15-/m0/s1. The molecule has 4 nitrogen and oxygen atoms in total. The van der Waals surface area contributed by atoms with Gasteiger partial charge < -0.3 is 4.74 Å². The number of carbonyl (C=O) groups is 1. The van der Waals surface area contributed by atoms with Gasteiger partial charge in [0.15, 0.2) is 0 Å². The molecule has 1 heterocycles. The summed E-state index contributed by atoms with van der Waals surface area (Å²) in [7, 11) is 0. The van der Waals surface area contributed by atoms with Gasteiger partial charge in [0.2, 0.25) is 0 Å². The number of nitrogens with one attached hydrogen (secondary N) is 1. The molecular weight excluding hydrogens is 264 g/mol. The zero-order valence-corrected chi connectivity index (χ0v) is 13.3. The maximum atomic E-state index is 12.1. The number of carbonyl (C=O) groups excluding carboxylic acids is 1. The number of hydrogen-bond acceptors (Lipinski definition) is 3. The van der Waals surface area contributed by atoms with Crippen molar-refractivity contribution in [1.29, 1.82) is 0 Å². The van der Waals surface area contributed by atoms with Crippen LogP contribution in [0.25, 0.3) is 0 Å². The van der Waals surface area contributed by atoms with Gasteiger partial charge in [0.1, 0.15) is 6.10 Å². The van der Waals surface area contributed by atoms with Crippen LogP contribution in [-0.4, -0.2) is 36.7 Å². The number of aryl methyl sites for hydroxylation is 2. The number of piperidine rings is 1. The molecule has 0 bridgehead atoms. The fraction of sp³-hybridized carbons (Fsp3) is 0.588. The molecule has 1 amide bonds. The highest BCUT2D eigenvalue weighted by Gasteiger charge is 2.22. The molecule has 0 aromatic heterocycles. The summed E-state index contributed by atoms with van der Waals surface area (Å²) in [5.74, 6) is 0. The Kier molecular flexibility index (Phi) is 5.62. The number of anilines is 1. The third-order valence-corrected chi connectivity index (χ3v) is 3.98. The lowest BCUT2D eigenvalue weighted by molar-refractivity contribution is 0.0500. The van der Waals surface area contributed by atoms with Crippen LogP contribution in [0.4, 0.5) is 10.5 Å². The maximum Gasteiger partial charge on any atom is 0.411 e. The number of para-hydroxylation sites is 1. The van der Waals surface area contributed by atoms with Gasteiger partial charge in [-0.3, -0.25) is 10.2 Å². The Balaban J connectivity index is 1.89. The summed E-state index contributed by atoms with van der Waals surface area (Å²) in [6.45, 7) is 9.22. The quantitative estimate of drug-likeness (QED) is 0.918. The van der Waals surface area contributed by atoms with Gasteiger partial charge in [-0.05, 0) is 57.3 Å². The molecule has 4 heteroatoms. The molecule has 0 aliphatic carbocycles. The van der Waals surface area contributed by atoms with E-state index >= 15 is 0 Å². The number of hydrogen-bond donors (Lipinski definition) is 1. The molecule has 1 aliphatic rings. The van der Waals surface area contributed by atoms with Gasteiger partial charge in [0, 0.05) is 12.2 Å². The highest BCUT2D eigenvalue weighted by atomic mass is 16.6. The SMILES string of the molecule is CCCN1CCC[C@H](OC(=O)Nc2c(C)cccc2C)C1. The molecule has 0 radical (unpaired) electrons. The van der Waals surface area contributed by atoms with E-state index < -0.39 is 0 Å². The normalized spacial score (nSPS) is 19.3. The summed E-state index contributed by atoms with van der Waals surface area (Å²) >= 11 is 0. The molecule has 1 N–H and O–H groups in total. The Morgan fingerprint density at radius 1 is 1.38 bits per heavy atom.